The molecule has 0 N–H and O–H groups in total. The van der Waals surface area contributed by atoms with Gasteiger partial charge in [0.05, 0.1) is 22.8 Å². The van der Waals surface area contributed by atoms with Crippen molar-refractivity contribution in [3.63, 3.8) is 0 Å². The van der Waals surface area contributed by atoms with E-state index in [-0.39, 0.29) is 11.5 Å². The number of amides is 1. The smallest absolute Gasteiger partial charge is 0.256 e. The van der Waals surface area contributed by atoms with Crippen molar-refractivity contribution < 1.29 is 9.18 Å². The number of halogens is 1. The van der Waals surface area contributed by atoms with Crippen LogP contribution in [0.25, 0.3) is 16.7 Å². The van der Waals surface area contributed by atoms with Crippen LogP contribution in [0.15, 0.2) is 91.1 Å². The van der Waals surface area contributed by atoms with Crippen LogP contribution in [0, 0.1) is 5.82 Å². The van der Waals surface area contributed by atoms with Gasteiger partial charge in [-0.1, -0.05) is 60.7 Å². The van der Waals surface area contributed by atoms with Gasteiger partial charge in [-0.2, -0.15) is 5.10 Å². The first-order chi connectivity index (χ1) is 18.7. The van der Waals surface area contributed by atoms with Crippen LogP contribution in [0.4, 0.5) is 10.2 Å². The SMILES string of the molecule is O=C(c1ccccc1F)N1CCCN(c2nc(Cc3ccccc3)nc3c2cnn3-c2ccccc2)CC1. The van der Waals surface area contributed by atoms with E-state index in [0.29, 0.717) is 38.4 Å². The van der Waals surface area contributed by atoms with Gasteiger partial charge in [0.15, 0.2) is 5.65 Å². The summed E-state index contributed by atoms with van der Waals surface area (Å²) in [5.41, 5.74) is 2.91. The molecule has 1 aliphatic heterocycles. The van der Waals surface area contributed by atoms with Gasteiger partial charge < -0.3 is 9.80 Å². The number of para-hydroxylation sites is 1. The van der Waals surface area contributed by atoms with Crippen molar-refractivity contribution in [3.05, 3.63) is 114 Å². The number of hydrogen-bond acceptors (Lipinski definition) is 5. The highest BCUT2D eigenvalue weighted by atomic mass is 19.1. The number of hydrogen-bond donors (Lipinski definition) is 0. The summed E-state index contributed by atoms with van der Waals surface area (Å²) in [5.74, 6) is 0.748. The van der Waals surface area contributed by atoms with Crippen molar-refractivity contribution in [1.29, 1.82) is 0 Å². The Morgan fingerprint density at radius 3 is 2.34 bits per heavy atom. The predicted molar refractivity (Wildman–Crippen MR) is 145 cm³/mol. The largest absolute Gasteiger partial charge is 0.354 e. The van der Waals surface area contributed by atoms with E-state index in [4.69, 9.17) is 9.97 Å². The quantitative estimate of drug-likeness (QED) is 0.339. The second kappa shape index (κ2) is 10.4. The maximum absolute atomic E-state index is 14.3. The van der Waals surface area contributed by atoms with Gasteiger partial charge in [-0.15, -0.1) is 0 Å². The summed E-state index contributed by atoms with van der Waals surface area (Å²) in [6.45, 7) is 2.32. The number of nitrogens with zero attached hydrogens (tertiary/aromatic N) is 6. The molecule has 1 amide bonds. The molecule has 1 aliphatic rings. The molecule has 3 aromatic carbocycles. The van der Waals surface area contributed by atoms with E-state index in [1.54, 1.807) is 23.1 Å². The molecule has 3 heterocycles. The molecule has 7 nitrogen and oxygen atoms in total. The summed E-state index contributed by atoms with van der Waals surface area (Å²) in [4.78, 5) is 26.9. The van der Waals surface area contributed by atoms with Gasteiger partial charge in [0.1, 0.15) is 17.5 Å². The monoisotopic (exact) mass is 506 g/mol. The number of benzene rings is 3. The molecule has 0 atom stereocenters. The maximum atomic E-state index is 14.3. The molecular formula is C30H27FN6O. The normalized spacial score (nSPS) is 14.0. The summed E-state index contributed by atoms with van der Waals surface area (Å²) in [5, 5.41) is 5.53. The topological polar surface area (TPSA) is 67.2 Å². The minimum absolute atomic E-state index is 0.111. The lowest BCUT2D eigenvalue weighted by Gasteiger charge is -2.24. The first-order valence-corrected chi connectivity index (χ1v) is 12.8. The van der Waals surface area contributed by atoms with Crippen LogP contribution in [0.3, 0.4) is 0 Å². The highest BCUT2D eigenvalue weighted by Crippen LogP contribution is 2.28. The molecule has 0 bridgehead atoms. The van der Waals surface area contributed by atoms with Gasteiger partial charge in [-0.05, 0) is 36.2 Å². The summed E-state index contributed by atoms with van der Waals surface area (Å²) < 4.78 is 16.1. The Labute approximate surface area is 220 Å². The van der Waals surface area contributed by atoms with Crippen molar-refractivity contribution in [2.45, 2.75) is 12.8 Å². The van der Waals surface area contributed by atoms with Crippen molar-refractivity contribution in [2.24, 2.45) is 0 Å². The summed E-state index contributed by atoms with van der Waals surface area (Å²) >= 11 is 0. The molecule has 1 saturated heterocycles. The predicted octanol–water partition coefficient (Wildman–Crippen LogP) is 4.90. The number of fused-ring (bicyclic) bond motifs is 1. The van der Waals surface area contributed by atoms with Crippen molar-refractivity contribution in [3.8, 4) is 5.69 Å². The lowest BCUT2D eigenvalue weighted by molar-refractivity contribution is 0.0762. The fraction of sp³-hybridized carbons (Fsp3) is 0.200. The Morgan fingerprint density at radius 1 is 0.816 bits per heavy atom. The third-order valence-electron chi connectivity index (χ3n) is 6.85. The van der Waals surface area contributed by atoms with Crippen molar-refractivity contribution in [2.75, 3.05) is 31.1 Å². The Kier molecular flexibility index (Phi) is 6.52. The van der Waals surface area contributed by atoms with Crippen LogP contribution in [0.2, 0.25) is 0 Å². The van der Waals surface area contributed by atoms with E-state index in [0.717, 1.165) is 34.5 Å². The van der Waals surface area contributed by atoms with Crippen molar-refractivity contribution >= 4 is 22.8 Å². The highest BCUT2D eigenvalue weighted by Gasteiger charge is 2.25. The number of carbonyl (C=O) groups is 1. The first kappa shape index (κ1) is 23.8. The van der Waals surface area contributed by atoms with Gasteiger partial charge in [-0.3, -0.25) is 4.79 Å². The summed E-state index contributed by atoms with van der Waals surface area (Å²) in [6.07, 6.45) is 3.15. The Balaban J connectivity index is 1.35. The molecule has 2 aromatic heterocycles. The molecule has 6 rings (SSSR count). The van der Waals surface area contributed by atoms with Crippen molar-refractivity contribution in [1.82, 2.24) is 24.6 Å². The second-order valence-corrected chi connectivity index (χ2v) is 9.37. The Morgan fingerprint density at radius 2 is 1.55 bits per heavy atom. The van der Waals surface area contributed by atoms with Gasteiger partial charge in [0.25, 0.3) is 5.91 Å². The lowest BCUT2D eigenvalue weighted by Crippen LogP contribution is -2.36. The van der Waals surface area contributed by atoms with Crippen LogP contribution in [-0.2, 0) is 6.42 Å². The molecule has 8 heteroatoms. The molecule has 0 aliphatic carbocycles. The van der Waals surface area contributed by atoms with Crippen LogP contribution >= 0.6 is 0 Å². The van der Waals surface area contributed by atoms with Crippen LogP contribution in [0.1, 0.15) is 28.2 Å². The zero-order valence-electron chi connectivity index (χ0n) is 20.9. The van der Waals surface area contributed by atoms with Gasteiger partial charge in [0, 0.05) is 32.6 Å². The molecule has 0 saturated carbocycles. The minimum Gasteiger partial charge on any atom is -0.354 e. The lowest BCUT2D eigenvalue weighted by atomic mass is 10.1. The molecule has 0 unspecified atom stereocenters. The molecule has 38 heavy (non-hydrogen) atoms. The van der Waals surface area contributed by atoms with Gasteiger partial charge in [0.2, 0.25) is 0 Å². The maximum Gasteiger partial charge on any atom is 0.256 e. The van der Waals surface area contributed by atoms with E-state index < -0.39 is 5.82 Å². The molecule has 1 fully saturated rings. The summed E-state index contributed by atoms with van der Waals surface area (Å²) in [7, 11) is 0. The average molecular weight is 507 g/mol. The Hall–Kier alpha value is -4.59. The number of rotatable bonds is 5. The third kappa shape index (κ3) is 4.72. The molecule has 190 valence electrons. The number of anilines is 1. The number of carbonyl (C=O) groups excluding carboxylic acids is 1. The number of aromatic nitrogens is 4. The van der Waals surface area contributed by atoms with Crippen LogP contribution in [0.5, 0.6) is 0 Å². The van der Waals surface area contributed by atoms with Crippen LogP contribution < -0.4 is 4.90 Å². The fourth-order valence-electron chi connectivity index (χ4n) is 4.93. The molecular weight excluding hydrogens is 479 g/mol. The third-order valence-corrected chi connectivity index (χ3v) is 6.85. The molecule has 0 spiro atoms. The van der Waals surface area contributed by atoms with Crippen LogP contribution in [-0.4, -0.2) is 56.7 Å². The van der Waals surface area contributed by atoms with E-state index in [1.807, 2.05) is 59.4 Å². The van der Waals surface area contributed by atoms with E-state index in [1.165, 1.54) is 6.07 Å². The van der Waals surface area contributed by atoms with E-state index in [2.05, 4.69) is 22.1 Å². The zero-order chi connectivity index (χ0) is 25.9. The standard InChI is InChI=1S/C30H27FN6O/c31-26-15-8-7-14-24(26)30(38)36-17-9-16-35(18-19-36)28-25-21-32-37(23-12-5-2-6-13-23)29(25)34-27(33-28)20-22-10-3-1-4-11-22/h1-8,10-15,21H,9,16-20H2. The average Bonchev–Trinajstić information content (AvgIpc) is 3.22. The minimum atomic E-state index is -0.491. The van der Waals surface area contributed by atoms with E-state index in [9.17, 15) is 9.18 Å². The highest BCUT2D eigenvalue weighted by molar-refractivity contribution is 5.94. The first-order valence-electron chi connectivity index (χ1n) is 12.8. The Bertz CT molecular complexity index is 1570. The molecule has 0 radical (unpaired) electrons. The summed E-state index contributed by atoms with van der Waals surface area (Å²) in [6, 6.07) is 26.3. The zero-order valence-corrected chi connectivity index (χ0v) is 20.9. The van der Waals surface area contributed by atoms with Gasteiger partial charge >= 0.3 is 0 Å². The van der Waals surface area contributed by atoms with Gasteiger partial charge in [-0.25, -0.2) is 19.0 Å². The molecule has 5 aromatic rings. The van der Waals surface area contributed by atoms with E-state index >= 15 is 0 Å². The second-order valence-electron chi connectivity index (χ2n) is 9.37. The fourth-order valence-corrected chi connectivity index (χ4v) is 4.93.